The van der Waals surface area contributed by atoms with Crippen molar-refractivity contribution in [1.82, 2.24) is 15.6 Å². The van der Waals surface area contributed by atoms with E-state index in [9.17, 15) is 28.8 Å². The normalized spacial score (nSPS) is 12.2. The van der Waals surface area contributed by atoms with Crippen molar-refractivity contribution in [3.8, 4) is 0 Å². The minimum Gasteiger partial charge on any atom is -0.481 e. The molecule has 0 aliphatic heterocycles. The fraction of sp³-hybridized carbons (Fsp3) is 0.367. The van der Waals surface area contributed by atoms with Crippen molar-refractivity contribution >= 4 is 47.7 Å². The number of benzene rings is 2. The van der Waals surface area contributed by atoms with Crippen molar-refractivity contribution in [2.45, 2.75) is 65.0 Å². The second-order valence-corrected chi connectivity index (χ2v) is 11.7. The average molecular weight is 611 g/mol. The van der Waals surface area contributed by atoms with E-state index in [-0.39, 0.29) is 10.5 Å². The molecule has 6 amide bonds. The van der Waals surface area contributed by atoms with Crippen LogP contribution in [0, 0.1) is 0 Å². The first-order chi connectivity index (χ1) is 20.4. The molecule has 2 rings (SSSR count). The summed E-state index contributed by atoms with van der Waals surface area (Å²) in [5.74, 6) is -4.71. The van der Waals surface area contributed by atoms with E-state index in [1.54, 1.807) is 51.1 Å². The number of hydrazone groups is 1. The Bertz CT molecular complexity index is 1420. The van der Waals surface area contributed by atoms with Crippen LogP contribution in [0.1, 0.15) is 69.4 Å². The average Bonchev–Trinajstić information content (AvgIpc) is 2.91. The van der Waals surface area contributed by atoms with Crippen LogP contribution in [0.15, 0.2) is 53.6 Å². The summed E-state index contributed by atoms with van der Waals surface area (Å²) in [6.45, 7) is 9.90. The van der Waals surface area contributed by atoms with E-state index in [4.69, 9.17) is 15.6 Å². The maximum absolute atomic E-state index is 13.5. The Hall–Kier alpha value is -5.11. The summed E-state index contributed by atoms with van der Waals surface area (Å²) >= 11 is 0. The van der Waals surface area contributed by atoms with Crippen molar-refractivity contribution in [2.75, 3.05) is 11.9 Å². The van der Waals surface area contributed by atoms with Crippen LogP contribution in [-0.2, 0) is 24.5 Å². The highest BCUT2D eigenvalue weighted by Gasteiger charge is 2.36. The first-order valence-electron chi connectivity index (χ1n) is 13.5. The topological polar surface area (TPSA) is 210 Å². The van der Waals surface area contributed by atoms with E-state index in [2.05, 4.69) is 21.2 Å². The van der Waals surface area contributed by atoms with Gasteiger partial charge in [-0.15, -0.1) is 0 Å². The number of nitrogens with zero attached hydrogens (tertiary/aromatic N) is 2. The first kappa shape index (κ1) is 35.1. The molecule has 0 bridgehead atoms. The molecule has 0 saturated heterocycles. The minimum absolute atomic E-state index is 0.0543. The molecule has 0 spiro atoms. The van der Waals surface area contributed by atoms with Gasteiger partial charge in [0.15, 0.2) is 0 Å². The van der Waals surface area contributed by atoms with Gasteiger partial charge in [-0.2, -0.15) is 5.10 Å². The second-order valence-electron chi connectivity index (χ2n) is 11.7. The lowest BCUT2D eigenvalue weighted by Crippen LogP contribution is -2.53. The number of imide groups is 3. The van der Waals surface area contributed by atoms with Crippen LogP contribution in [0.5, 0.6) is 0 Å². The number of carboxylic acid groups (broad SMARTS) is 1. The van der Waals surface area contributed by atoms with Crippen LogP contribution in [0.2, 0.25) is 0 Å². The van der Waals surface area contributed by atoms with Crippen molar-refractivity contribution < 1.29 is 38.6 Å². The molecule has 1 atom stereocenters. The predicted molar refractivity (Wildman–Crippen MR) is 162 cm³/mol. The highest BCUT2D eigenvalue weighted by Crippen LogP contribution is 2.27. The van der Waals surface area contributed by atoms with Crippen molar-refractivity contribution in [3.63, 3.8) is 0 Å². The zero-order chi connectivity index (χ0) is 33.2. The molecule has 0 fully saturated rings. The highest BCUT2D eigenvalue weighted by atomic mass is 16.6. The van der Waals surface area contributed by atoms with Crippen LogP contribution in [0.3, 0.4) is 0 Å². The molecule has 6 N–H and O–H groups in total. The van der Waals surface area contributed by atoms with Gasteiger partial charge in [0.05, 0.1) is 25.2 Å². The molecule has 14 heteroatoms. The number of ether oxygens (including phenoxy) is 1. The van der Waals surface area contributed by atoms with Gasteiger partial charge in [0, 0.05) is 11.3 Å². The summed E-state index contributed by atoms with van der Waals surface area (Å²) in [7, 11) is 0. The third kappa shape index (κ3) is 10.9. The van der Waals surface area contributed by atoms with Gasteiger partial charge >= 0.3 is 18.1 Å². The molecular formula is C30H38N6O8. The number of carbonyl (C=O) groups excluding carboxylic acids is 5. The summed E-state index contributed by atoms with van der Waals surface area (Å²) in [5, 5.41) is 17.7. The largest absolute Gasteiger partial charge is 0.481 e. The van der Waals surface area contributed by atoms with Gasteiger partial charge in [-0.25, -0.2) is 19.9 Å². The van der Waals surface area contributed by atoms with Gasteiger partial charge in [0.2, 0.25) is 0 Å². The Labute approximate surface area is 255 Å². The van der Waals surface area contributed by atoms with Gasteiger partial charge in [0.25, 0.3) is 17.7 Å². The Morgan fingerprint density at radius 3 is 2.16 bits per heavy atom. The number of hydrogen-bond acceptors (Lipinski definition) is 9. The van der Waals surface area contributed by atoms with Gasteiger partial charge in [-0.05, 0) is 55.5 Å². The standard InChI is InChI=1S/C30H38N6O8/c1-29(2,3)21-10-8-7-9-20(21)25(40)36(26(41)22(31)15-24(38)39)23(37)17-32-27(42)34-19-13-11-18(12-14-19)16-33-35-28(43)44-30(4,5)6/h7-14,16,22H,15,17,31H2,1-6H3,(H,35,43)(H,38,39)(H2,32,34,42)/t22-/m0/s1. The Balaban J connectivity index is 2.11. The first-order valence-corrected chi connectivity index (χ1v) is 13.5. The van der Waals surface area contributed by atoms with Gasteiger partial charge in [-0.3, -0.25) is 19.2 Å². The number of aliphatic carboxylic acids is 1. The third-order valence-corrected chi connectivity index (χ3v) is 5.69. The number of hydrogen-bond donors (Lipinski definition) is 5. The Kier molecular flexibility index (Phi) is 11.9. The van der Waals surface area contributed by atoms with E-state index in [1.807, 2.05) is 20.8 Å². The van der Waals surface area contributed by atoms with Gasteiger partial charge < -0.3 is 26.2 Å². The molecule has 0 heterocycles. The van der Waals surface area contributed by atoms with Gasteiger partial charge in [0.1, 0.15) is 5.60 Å². The number of nitrogens with two attached hydrogens (primary N) is 1. The predicted octanol–water partition coefficient (Wildman–Crippen LogP) is 2.96. The summed E-state index contributed by atoms with van der Waals surface area (Å²) in [5.41, 5.74) is 8.26. The summed E-state index contributed by atoms with van der Waals surface area (Å²) < 4.78 is 5.07. The molecule has 0 radical (unpaired) electrons. The lowest BCUT2D eigenvalue weighted by Gasteiger charge is -2.26. The number of carbonyl (C=O) groups is 6. The number of carboxylic acids is 1. The number of anilines is 1. The Morgan fingerprint density at radius 2 is 1.59 bits per heavy atom. The molecule has 2 aromatic carbocycles. The summed E-state index contributed by atoms with van der Waals surface area (Å²) in [6, 6.07) is 10.1. The van der Waals surface area contributed by atoms with Crippen LogP contribution in [-0.4, -0.2) is 70.2 Å². The van der Waals surface area contributed by atoms with Crippen molar-refractivity contribution in [2.24, 2.45) is 10.8 Å². The maximum atomic E-state index is 13.5. The maximum Gasteiger partial charge on any atom is 0.428 e. The fourth-order valence-corrected chi connectivity index (χ4v) is 3.74. The molecule has 2 aromatic rings. The molecule has 0 aliphatic rings. The van der Waals surface area contributed by atoms with E-state index in [1.165, 1.54) is 24.4 Å². The van der Waals surface area contributed by atoms with Crippen LogP contribution in [0.25, 0.3) is 0 Å². The zero-order valence-electron chi connectivity index (χ0n) is 25.5. The SMILES string of the molecule is CC(C)(C)OC(=O)NN=Cc1ccc(NC(=O)NCC(=O)N(C(=O)c2ccccc2C(C)(C)C)C(=O)[C@@H](N)CC(=O)O)cc1. The summed E-state index contributed by atoms with van der Waals surface area (Å²) in [6.07, 6.45) is -0.174. The number of urea groups is 1. The monoisotopic (exact) mass is 610 g/mol. The molecular weight excluding hydrogens is 572 g/mol. The van der Waals surface area contributed by atoms with Crippen molar-refractivity contribution in [3.05, 3.63) is 65.2 Å². The molecule has 14 nitrogen and oxygen atoms in total. The third-order valence-electron chi connectivity index (χ3n) is 5.69. The number of rotatable bonds is 9. The van der Waals surface area contributed by atoms with E-state index in [0.29, 0.717) is 16.8 Å². The molecule has 0 saturated carbocycles. The van der Waals surface area contributed by atoms with E-state index < -0.39 is 65.8 Å². The van der Waals surface area contributed by atoms with E-state index >= 15 is 0 Å². The molecule has 236 valence electrons. The number of nitrogens with one attached hydrogen (secondary N) is 3. The zero-order valence-corrected chi connectivity index (χ0v) is 25.5. The molecule has 0 unspecified atom stereocenters. The van der Waals surface area contributed by atoms with Crippen LogP contribution in [0.4, 0.5) is 15.3 Å². The highest BCUT2D eigenvalue weighted by molar-refractivity contribution is 6.19. The molecule has 0 aromatic heterocycles. The fourth-order valence-electron chi connectivity index (χ4n) is 3.74. The number of amides is 6. The smallest absolute Gasteiger partial charge is 0.428 e. The minimum atomic E-state index is -1.68. The lowest BCUT2D eigenvalue weighted by atomic mass is 9.83. The quantitative estimate of drug-likeness (QED) is 0.208. The summed E-state index contributed by atoms with van der Waals surface area (Å²) in [4.78, 5) is 75.4. The second kappa shape index (κ2) is 14.9. The van der Waals surface area contributed by atoms with Gasteiger partial charge in [-0.1, -0.05) is 51.1 Å². The Morgan fingerprint density at radius 1 is 0.977 bits per heavy atom. The van der Waals surface area contributed by atoms with Crippen LogP contribution >= 0.6 is 0 Å². The molecule has 0 aliphatic carbocycles. The van der Waals surface area contributed by atoms with E-state index in [0.717, 1.165) is 0 Å². The molecule has 44 heavy (non-hydrogen) atoms. The van der Waals surface area contributed by atoms with Crippen molar-refractivity contribution in [1.29, 1.82) is 0 Å². The van der Waals surface area contributed by atoms with Crippen LogP contribution < -0.4 is 21.8 Å². The lowest BCUT2D eigenvalue weighted by molar-refractivity contribution is -0.145.